The van der Waals surface area contributed by atoms with Gasteiger partial charge >= 0.3 is 0 Å². The summed E-state index contributed by atoms with van der Waals surface area (Å²) in [7, 11) is 4.95. The number of ether oxygens (including phenoxy) is 3. The summed E-state index contributed by atoms with van der Waals surface area (Å²) in [6.45, 7) is 3.65. The summed E-state index contributed by atoms with van der Waals surface area (Å²) in [5.74, 6) is 0.868. The monoisotopic (exact) mass is 390 g/mol. The van der Waals surface area contributed by atoms with Crippen molar-refractivity contribution in [2.24, 2.45) is 12.0 Å². The van der Waals surface area contributed by atoms with E-state index in [-0.39, 0.29) is 5.91 Å². The maximum atomic E-state index is 12.5. The van der Waals surface area contributed by atoms with Crippen LogP contribution in [-0.4, -0.2) is 47.7 Å². The lowest BCUT2D eigenvalue weighted by molar-refractivity contribution is 0.0991. The molecule has 144 valence electrons. The highest BCUT2D eigenvalue weighted by Crippen LogP contribution is 2.33. The molecule has 1 aromatic carbocycles. The van der Waals surface area contributed by atoms with Gasteiger partial charge in [0.2, 0.25) is 0 Å². The number of fused-ring (bicyclic) bond motifs is 1. The van der Waals surface area contributed by atoms with Gasteiger partial charge in [-0.3, -0.25) is 9.48 Å². The number of carbonyl (C=O) groups excluding carboxylic acids is 1. The topological polar surface area (TPSA) is 79.9 Å². The number of rotatable bonds is 7. The smallest absolute Gasteiger partial charge is 0.300 e. The van der Waals surface area contributed by atoms with Crippen molar-refractivity contribution < 1.29 is 19.0 Å². The molecule has 0 radical (unpaired) electrons. The van der Waals surface area contributed by atoms with Crippen molar-refractivity contribution in [3.8, 4) is 11.5 Å². The summed E-state index contributed by atoms with van der Waals surface area (Å²) in [5, 5.41) is 4.12. The molecule has 0 aliphatic heterocycles. The van der Waals surface area contributed by atoms with Crippen LogP contribution in [-0.2, 0) is 18.3 Å². The van der Waals surface area contributed by atoms with Gasteiger partial charge in [0.1, 0.15) is 0 Å². The van der Waals surface area contributed by atoms with Gasteiger partial charge in [0, 0.05) is 38.5 Å². The lowest BCUT2D eigenvalue weighted by atomic mass is 10.3. The van der Waals surface area contributed by atoms with Gasteiger partial charge in [0.15, 0.2) is 22.0 Å². The van der Waals surface area contributed by atoms with E-state index in [9.17, 15) is 4.79 Å². The van der Waals surface area contributed by atoms with Crippen LogP contribution in [0.15, 0.2) is 29.4 Å². The summed E-state index contributed by atoms with van der Waals surface area (Å²) in [6, 6.07) is 5.43. The Morgan fingerprint density at radius 2 is 2.00 bits per heavy atom. The van der Waals surface area contributed by atoms with Gasteiger partial charge in [0.05, 0.1) is 31.0 Å². The minimum Gasteiger partial charge on any atom is -0.493 e. The molecule has 0 unspecified atom stereocenters. The summed E-state index contributed by atoms with van der Waals surface area (Å²) in [5.41, 5.74) is 1.21. The van der Waals surface area contributed by atoms with Gasteiger partial charge in [-0.1, -0.05) is 11.3 Å². The van der Waals surface area contributed by atoms with Gasteiger partial charge in [-0.25, -0.2) is 0 Å². The van der Waals surface area contributed by atoms with E-state index >= 15 is 0 Å². The second-order valence-corrected chi connectivity index (χ2v) is 6.71. The second kappa shape index (κ2) is 8.36. The van der Waals surface area contributed by atoms with Crippen molar-refractivity contribution >= 4 is 27.5 Å². The largest absolute Gasteiger partial charge is 0.493 e. The molecule has 2 aromatic heterocycles. The summed E-state index contributed by atoms with van der Waals surface area (Å²) in [6.07, 6.45) is 1.71. The van der Waals surface area contributed by atoms with Crippen molar-refractivity contribution in [1.82, 2.24) is 14.3 Å². The Bertz CT molecular complexity index is 1020. The number of aryl methyl sites for hydroxylation is 1. The van der Waals surface area contributed by atoms with Crippen molar-refractivity contribution in [1.29, 1.82) is 0 Å². The van der Waals surface area contributed by atoms with E-state index in [1.807, 2.05) is 23.6 Å². The first-order chi connectivity index (χ1) is 13.1. The minimum atomic E-state index is -0.383. The molecule has 0 fully saturated rings. The molecule has 0 aliphatic rings. The standard InChI is InChI=1S/C18H22N4O4S/c1-5-26-9-8-22-13-10-14(24-3)15(25-4)11-16(13)27-18(22)19-17(23)12-6-7-21(2)20-12/h6-7,10-11H,5,8-9H2,1-4H3. The van der Waals surface area contributed by atoms with Crippen LogP contribution in [0.3, 0.4) is 0 Å². The number of carbonyl (C=O) groups is 1. The average Bonchev–Trinajstić information content (AvgIpc) is 3.24. The lowest BCUT2D eigenvalue weighted by Crippen LogP contribution is -2.20. The van der Waals surface area contributed by atoms with Crippen molar-refractivity contribution in [3.05, 3.63) is 34.9 Å². The summed E-state index contributed by atoms with van der Waals surface area (Å²) >= 11 is 1.41. The van der Waals surface area contributed by atoms with Crippen LogP contribution in [0.2, 0.25) is 0 Å². The van der Waals surface area contributed by atoms with Crippen LogP contribution in [0, 0.1) is 0 Å². The van der Waals surface area contributed by atoms with Crippen LogP contribution in [0.25, 0.3) is 10.2 Å². The highest BCUT2D eigenvalue weighted by molar-refractivity contribution is 7.16. The first-order valence-corrected chi connectivity index (χ1v) is 9.30. The normalized spacial score (nSPS) is 11.9. The zero-order valence-corrected chi connectivity index (χ0v) is 16.6. The first kappa shape index (κ1) is 19.1. The summed E-state index contributed by atoms with van der Waals surface area (Å²) < 4.78 is 20.8. The molecule has 3 rings (SSSR count). The molecule has 0 N–H and O–H groups in total. The van der Waals surface area contributed by atoms with E-state index < -0.39 is 0 Å². The van der Waals surface area contributed by atoms with Crippen LogP contribution in [0.4, 0.5) is 0 Å². The van der Waals surface area contributed by atoms with Crippen LogP contribution in [0.5, 0.6) is 11.5 Å². The molecule has 0 atom stereocenters. The Morgan fingerprint density at radius 1 is 1.26 bits per heavy atom. The van der Waals surface area contributed by atoms with E-state index in [1.165, 1.54) is 11.3 Å². The van der Waals surface area contributed by atoms with Gasteiger partial charge in [-0.05, 0) is 13.0 Å². The van der Waals surface area contributed by atoms with Crippen molar-refractivity contribution in [2.45, 2.75) is 13.5 Å². The zero-order chi connectivity index (χ0) is 19.4. The van der Waals surface area contributed by atoms with E-state index in [4.69, 9.17) is 14.2 Å². The molecule has 0 saturated carbocycles. The highest BCUT2D eigenvalue weighted by Gasteiger charge is 2.14. The Hall–Kier alpha value is -2.65. The molecule has 3 aromatic rings. The maximum Gasteiger partial charge on any atom is 0.300 e. The number of hydrogen-bond donors (Lipinski definition) is 0. The Morgan fingerprint density at radius 3 is 2.63 bits per heavy atom. The van der Waals surface area contributed by atoms with E-state index in [2.05, 4.69) is 10.1 Å². The SMILES string of the molecule is CCOCCn1c(=NC(=O)c2ccn(C)n2)sc2cc(OC)c(OC)cc21. The van der Waals surface area contributed by atoms with Gasteiger partial charge in [-0.2, -0.15) is 10.1 Å². The molecule has 2 heterocycles. The van der Waals surface area contributed by atoms with Crippen molar-refractivity contribution in [3.63, 3.8) is 0 Å². The quantitative estimate of drug-likeness (QED) is 0.578. The second-order valence-electron chi connectivity index (χ2n) is 5.70. The van der Waals surface area contributed by atoms with Gasteiger partial charge < -0.3 is 18.8 Å². The third-order valence-corrected chi connectivity index (χ3v) is 5.02. The Balaban J connectivity index is 2.12. The molecule has 0 aliphatic carbocycles. The maximum absolute atomic E-state index is 12.5. The number of benzene rings is 1. The van der Waals surface area contributed by atoms with E-state index in [0.717, 1.165) is 10.2 Å². The van der Waals surface area contributed by atoms with Crippen LogP contribution < -0.4 is 14.3 Å². The van der Waals surface area contributed by atoms with E-state index in [1.54, 1.807) is 38.2 Å². The molecule has 9 heteroatoms. The molecular weight excluding hydrogens is 368 g/mol. The third-order valence-electron chi connectivity index (χ3n) is 3.98. The fraction of sp³-hybridized carbons (Fsp3) is 0.389. The molecular formula is C18H22N4O4S. The van der Waals surface area contributed by atoms with E-state index in [0.29, 0.717) is 41.8 Å². The van der Waals surface area contributed by atoms with Crippen molar-refractivity contribution in [2.75, 3.05) is 27.4 Å². The predicted molar refractivity (Wildman–Crippen MR) is 103 cm³/mol. The average molecular weight is 390 g/mol. The molecule has 0 saturated heterocycles. The van der Waals surface area contributed by atoms with Gasteiger partial charge in [-0.15, -0.1) is 0 Å². The fourth-order valence-electron chi connectivity index (χ4n) is 2.67. The molecule has 8 nitrogen and oxygen atoms in total. The zero-order valence-electron chi connectivity index (χ0n) is 15.8. The molecule has 0 spiro atoms. The number of hydrogen-bond acceptors (Lipinski definition) is 6. The number of thiazole rings is 1. The molecule has 1 amide bonds. The third kappa shape index (κ3) is 4.04. The van der Waals surface area contributed by atoms with Crippen LogP contribution >= 0.6 is 11.3 Å². The molecule has 27 heavy (non-hydrogen) atoms. The number of aromatic nitrogens is 3. The predicted octanol–water partition coefficient (Wildman–Crippen LogP) is 2.23. The highest BCUT2D eigenvalue weighted by atomic mass is 32.1. The number of amides is 1. The summed E-state index contributed by atoms with van der Waals surface area (Å²) in [4.78, 5) is 17.4. The minimum absolute atomic E-state index is 0.307. The van der Waals surface area contributed by atoms with Gasteiger partial charge in [0.25, 0.3) is 5.91 Å². The van der Waals surface area contributed by atoms with Crippen LogP contribution in [0.1, 0.15) is 17.4 Å². The Labute approximate surface area is 160 Å². The lowest BCUT2D eigenvalue weighted by Gasteiger charge is -2.09. The number of nitrogens with zero attached hydrogens (tertiary/aromatic N) is 4. The Kier molecular flexibility index (Phi) is 5.92. The molecule has 0 bridgehead atoms. The number of methoxy groups -OCH3 is 2. The first-order valence-electron chi connectivity index (χ1n) is 8.49. The fourth-order valence-corrected chi connectivity index (χ4v) is 3.74.